The molecule has 0 aromatic heterocycles. The minimum Gasteiger partial charge on any atom is -0.480 e. The van der Waals surface area contributed by atoms with Gasteiger partial charge in [0.2, 0.25) is 0 Å². The van der Waals surface area contributed by atoms with E-state index >= 15 is 0 Å². The van der Waals surface area contributed by atoms with E-state index < -0.39 is 23.6 Å². The zero-order valence-electron chi connectivity index (χ0n) is 8.63. The molecule has 86 valence electrons. The van der Waals surface area contributed by atoms with Crippen molar-refractivity contribution >= 4 is 5.97 Å². The van der Waals surface area contributed by atoms with Crippen LogP contribution in [0.15, 0.2) is 12.1 Å². The van der Waals surface area contributed by atoms with Crippen LogP contribution in [0.25, 0.3) is 0 Å². The maximum Gasteiger partial charge on any atom is 0.325 e. The van der Waals surface area contributed by atoms with E-state index in [2.05, 4.69) is 5.32 Å². The van der Waals surface area contributed by atoms with Crippen LogP contribution in [0.2, 0.25) is 0 Å². The molecule has 16 heavy (non-hydrogen) atoms. The predicted molar refractivity (Wildman–Crippen MR) is 53.0 cm³/mol. The van der Waals surface area contributed by atoms with Crippen LogP contribution >= 0.6 is 0 Å². The van der Waals surface area contributed by atoms with Crippen molar-refractivity contribution in [2.45, 2.75) is 25.4 Å². The molecule has 1 aromatic carbocycles. The van der Waals surface area contributed by atoms with Gasteiger partial charge in [-0.25, -0.2) is 8.78 Å². The Kier molecular flexibility index (Phi) is 2.63. The minimum absolute atomic E-state index is 0.165. The topological polar surface area (TPSA) is 49.3 Å². The van der Waals surface area contributed by atoms with Crippen LogP contribution in [0.3, 0.4) is 0 Å². The highest BCUT2D eigenvalue weighted by atomic mass is 19.2. The van der Waals surface area contributed by atoms with Crippen molar-refractivity contribution in [2.75, 3.05) is 0 Å². The third-order valence-corrected chi connectivity index (χ3v) is 2.75. The normalized spacial score (nSPS) is 23.9. The van der Waals surface area contributed by atoms with Crippen LogP contribution in [0, 0.1) is 11.6 Å². The van der Waals surface area contributed by atoms with E-state index in [1.54, 1.807) is 6.92 Å². The molecule has 2 atom stereocenters. The third-order valence-electron chi connectivity index (χ3n) is 2.75. The van der Waals surface area contributed by atoms with Crippen LogP contribution in [-0.4, -0.2) is 17.1 Å². The Morgan fingerprint density at radius 1 is 1.50 bits per heavy atom. The number of fused-ring (bicyclic) bond motifs is 1. The molecule has 1 aliphatic heterocycles. The van der Waals surface area contributed by atoms with Crippen LogP contribution in [-0.2, 0) is 11.2 Å². The van der Waals surface area contributed by atoms with Crippen molar-refractivity contribution in [1.29, 1.82) is 0 Å². The lowest BCUT2D eigenvalue weighted by Gasteiger charge is -2.29. The lowest BCUT2D eigenvalue weighted by molar-refractivity contribution is -0.140. The highest BCUT2D eigenvalue weighted by molar-refractivity contribution is 5.76. The van der Waals surface area contributed by atoms with Gasteiger partial charge >= 0.3 is 5.97 Å². The van der Waals surface area contributed by atoms with Gasteiger partial charge in [-0.2, -0.15) is 0 Å². The van der Waals surface area contributed by atoms with Gasteiger partial charge in [-0.05, 0) is 30.5 Å². The van der Waals surface area contributed by atoms with Gasteiger partial charge in [0, 0.05) is 6.04 Å². The van der Waals surface area contributed by atoms with Gasteiger partial charge in [-0.1, -0.05) is 6.07 Å². The fraction of sp³-hybridized carbons (Fsp3) is 0.364. The summed E-state index contributed by atoms with van der Waals surface area (Å²) < 4.78 is 26.5. The summed E-state index contributed by atoms with van der Waals surface area (Å²) in [6.07, 6.45) is 0.294. The van der Waals surface area contributed by atoms with Crippen LogP contribution < -0.4 is 5.32 Å². The quantitative estimate of drug-likeness (QED) is 0.766. The molecule has 0 aliphatic carbocycles. The van der Waals surface area contributed by atoms with E-state index in [-0.39, 0.29) is 11.6 Å². The van der Waals surface area contributed by atoms with Crippen molar-refractivity contribution in [3.63, 3.8) is 0 Å². The number of nitrogens with one attached hydrogen (secondary N) is 1. The predicted octanol–water partition coefficient (Wildman–Crippen LogP) is 1.62. The van der Waals surface area contributed by atoms with Gasteiger partial charge in [0.05, 0.1) is 0 Å². The minimum atomic E-state index is -1.08. The summed E-state index contributed by atoms with van der Waals surface area (Å²) in [4.78, 5) is 11.0. The molecular weight excluding hydrogens is 216 g/mol. The molecule has 0 fully saturated rings. The highest BCUT2D eigenvalue weighted by Gasteiger charge is 2.31. The van der Waals surface area contributed by atoms with Gasteiger partial charge in [0.1, 0.15) is 6.04 Å². The SMILES string of the molecule is CC1Cc2c(ccc(F)c2F)C(C(=O)O)N1. The first-order valence-corrected chi connectivity index (χ1v) is 4.96. The molecule has 3 nitrogen and oxygen atoms in total. The Labute approximate surface area is 91.1 Å². The average molecular weight is 227 g/mol. The summed E-state index contributed by atoms with van der Waals surface area (Å²) in [7, 11) is 0. The monoisotopic (exact) mass is 227 g/mol. The Bertz CT molecular complexity index is 448. The summed E-state index contributed by atoms with van der Waals surface area (Å²) in [5.41, 5.74) is 0.475. The highest BCUT2D eigenvalue weighted by Crippen LogP contribution is 2.28. The first-order valence-electron chi connectivity index (χ1n) is 4.96. The van der Waals surface area contributed by atoms with Gasteiger partial charge in [-0.3, -0.25) is 10.1 Å². The molecule has 5 heteroatoms. The number of aliphatic carboxylic acids is 1. The number of carbonyl (C=O) groups is 1. The molecule has 2 N–H and O–H groups in total. The number of halogens is 2. The number of carboxylic acids is 1. The molecule has 0 saturated carbocycles. The second kappa shape index (κ2) is 3.83. The van der Waals surface area contributed by atoms with Crippen molar-refractivity contribution in [2.24, 2.45) is 0 Å². The summed E-state index contributed by atoms with van der Waals surface area (Å²) >= 11 is 0. The van der Waals surface area contributed by atoms with Crippen LogP contribution in [0.1, 0.15) is 24.1 Å². The maximum atomic E-state index is 13.5. The first kappa shape index (κ1) is 11.0. The molecule has 2 rings (SSSR count). The lowest BCUT2D eigenvalue weighted by Crippen LogP contribution is -2.41. The second-order valence-corrected chi connectivity index (χ2v) is 3.97. The molecule has 1 heterocycles. The van der Waals surface area contributed by atoms with Gasteiger partial charge in [-0.15, -0.1) is 0 Å². The summed E-state index contributed by atoms with van der Waals surface area (Å²) in [5, 5.41) is 11.8. The van der Waals surface area contributed by atoms with Gasteiger partial charge in [0.15, 0.2) is 11.6 Å². The van der Waals surface area contributed by atoms with Crippen LogP contribution in [0.5, 0.6) is 0 Å². The standard InChI is InChI=1S/C11H11F2NO2/c1-5-4-7-6(10(14-5)11(15)16)2-3-8(12)9(7)13/h2-3,5,10,14H,4H2,1H3,(H,15,16). The fourth-order valence-corrected chi connectivity index (χ4v) is 2.03. The van der Waals surface area contributed by atoms with E-state index in [4.69, 9.17) is 5.11 Å². The largest absolute Gasteiger partial charge is 0.480 e. The molecule has 0 radical (unpaired) electrons. The molecule has 0 bridgehead atoms. The zero-order valence-corrected chi connectivity index (χ0v) is 8.63. The third kappa shape index (κ3) is 1.67. The molecule has 2 unspecified atom stereocenters. The fourth-order valence-electron chi connectivity index (χ4n) is 2.03. The molecule has 1 aliphatic rings. The Morgan fingerprint density at radius 2 is 2.19 bits per heavy atom. The molecule has 0 saturated heterocycles. The second-order valence-electron chi connectivity index (χ2n) is 3.97. The van der Waals surface area contributed by atoms with E-state index in [1.165, 1.54) is 6.07 Å². The van der Waals surface area contributed by atoms with Crippen LogP contribution in [0.4, 0.5) is 8.78 Å². The Hall–Kier alpha value is -1.49. The molecule has 0 amide bonds. The Morgan fingerprint density at radius 3 is 2.81 bits per heavy atom. The summed E-state index contributed by atoms with van der Waals surface area (Å²) in [6.45, 7) is 1.74. The summed E-state index contributed by atoms with van der Waals surface area (Å²) in [5.74, 6) is -2.95. The zero-order chi connectivity index (χ0) is 11.9. The molecular formula is C11H11F2NO2. The number of rotatable bonds is 1. The van der Waals surface area contributed by atoms with E-state index in [0.717, 1.165) is 6.07 Å². The number of hydrogen-bond donors (Lipinski definition) is 2. The van der Waals surface area contributed by atoms with Crippen molar-refractivity contribution in [1.82, 2.24) is 5.32 Å². The summed E-state index contributed by atoms with van der Waals surface area (Å²) in [6, 6.07) is 1.13. The van der Waals surface area contributed by atoms with E-state index in [0.29, 0.717) is 12.0 Å². The van der Waals surface area contributed by atoms with Crippen molar-refractivity contribution < 1.29 is 18.7 Å². The Balaban J connectivity index is 2.56. The first-order chi connectivity index (χ1) is 7.50. The number of hydrogen-bond acceptors (Lipinski definition) is 2. The van der Waals surface area contributed by atoms with E-state index in [1.807, 2.05) is 0 Å². The van der Waals surface area contributed by atoms with Crippen molar-refractivity contribution in [3.8, 4) is 0 Å². The molecule has 1 aromatic rings. The molecule has 0 spiro atoms. The number of carboxylic acid groups (broad SMARTS) is 1. The van der Waals surface area contributed by atoms with Gasteiger partial charge < -0.3 is 5.11 Å². The number of benzene rings is 1. The van der Waals surface area contributed by atoms with Crippen molar-refractivity contribution in [3.05, 3.63) is 34.9 Å². The smallest absolute Gasteiger partial charge is 0.325 e. The lowest BCUT2D eigenvalue weighted by atomic mass is 9.90. The average Bonchev–Trinajstić information content (AvgIpc) is 2.23. The maximum absolute atomic E-state index is 13.5. The van der Waals surface area contributed by atoms with Gasteiger partial charge in [0.25, 0.3) is 0 Å². The van der Waals surface area contributed by atoms with E-state index in [9.17, 15) is 13.6 Å².